The summed E-state index contributed by atoms with van der Waals surface area (Å²) < 4.78 is 11.4. The third-order valence-electron chi connectivity index (χ3n) is 5.56. The van der Waals surface area contributed by atoms with E-state index in [9.17, 15) is 9.32 Å². The van der Waals surface area contributed by atoms with Gasteiger partial charge < -0.3 is 10.0 Å². The molecular weight excluding hydrogens is 334 g/mol. The number of aromatic nitrogens is 2. The van der Waals surface area contributed by atoms with Gasteiger partial charge in [-0.3, -0.25) is 4.21 Å². The Morgan fingerprint density at radius 3 is 2.44 bits per heavy atom. The summed E-state index contributed by atoms with van der Waals surface area (Å²) in [5, 5.41) is 10.5. The molecule has 5 rings (SSSR count). The van der Waals surface area contributed by atoms with E-state index in [-0.39, 0.29) is 0 Å². The molecule has 5 nitrogen and oxygen atoms in total. The molecule has 2 saturated heterocycles. The second-order valence-electron chi connectivity index (χ2n) is 7.33. The Morgan fingerprint density at radius 2 is 1.80 bits per heavy atom. The van der Waals surface area contributed by atoms with Crippen molar-refractivity contribution in [1.29, 1.82) is 0 Å². The Labute approximate surface area is 149 Å². The van der Waals surface area contributed by atoms with Gasteiger partial charge in [-0.15, -0.1) is 0 Å². The molecule has 1 N–H and O–H groups in total. The molecule has 1 aliphatic carbocycles. The first-order chi connectivity index (χ1) is 12.1. The number of aliphatic hydroxyl groups is 1. The fraction of sp³-hybridized carbons (Fsp3) is 0.474. The summed E-state index contributed by atoms with van der Waals surface area (Å²) in [7, 11) is -0.882. The van der Waals surface area contributed by atoms with Gasteiger partial charge >= 0.3 is 0 Å². The minimum atomic E-state index is -0.917. The van der Waals surface area contributed by atoms with Crippen LogP contribution in [0.3, 0.4) is 0 Å². The lowest BCUT2D eigenvalue weighted by Gasteiger charge is -2.36. The number of hydrogen-bond acceptors (Lipinski definition) is 5. The second-order valence-corrected chi connectivity index (χ2v) is 8.79. The molecule has 2 aromatic rings. The molecule has 0 saturated carbocycles. The van der Waals surface area contributed by atoms with Gasteiger partial charge in [-0.1, -0.05) is 24.3 Å². The Kier molecular flexibility index (Phi) is 3.47. The van der Waals surface area contributed by atoms with Crippen molar-refractivity contribution < 1.29 is 9.32 Å². The molecule has 0 spiro atoms. The minimum Gasteiger partial charge on any atom is -0.383 e. The Morgan fingerprint density at radius 1 is 1.04 bits per heavy atom. The largest absolute Gasteiger partial charge is 0.383 e. The fourth-order valence-electron chi connectivity index (χ4n) is 3.91. The zero-order chi connectivity index (χ0) is 17.0. The van der Waals surface area contributed by atoms with Gasteiger partial charge in [0.05, 0.1) is 17.2 Å². The van der Waals surface area contributed by atoms with Crippen LogP contribution in [0.25, 0.3) is 11.3 Å². The number of rotatable bonds is 3. The Bertz CT molecular complexity index is 854. The lowest BCUT2D eigenvalue weighted by atomic mass is 9.94. The molecule has 130 valence electrons. The van der Waals surface area contributed by atoms with E-state index >= 15 is 0 Å². The molecule has 3 aliphatic rings. The molecule has 25 heavy (non-hydrogen) atoms. The first-order valence-corrected chi connectivity index (χ1v) is 10.4. The van der Waals surface area contributed by atoms with Crippen molar-refractivity contribution in [1.82, 2.24) is 9.97 Å². The predicted octanol–water partition coefficient (Wildman–Crippen LogP) is 1.79. The van der Waals surface area contributed by atoms with Gasteiger partial charge in [-0.25, -0.2) is 9.97 Å². The summed E-state index contributed by atoms with van der Waals surface area (Å²) in [5.74, 6) is 1.54. The van der Waals surface area contributed by atoms with Crippen LogP contribution in [-0.4, -0.2) is 43.9 Å². The highest BCUT2D eigenvalue weighted by Crippen LogP contribution is 2.35. The normalized spacial score (nSPS) is 27.6. The van der Waals surface area contributed by atoms with E-state index in [0.29, 0.717) is 11.5 Å². The van der Waals surface area contributed by atoms with Crippen LogP contribution in [0.15, 0.2) is 24.3 Å². The maximum absolute atomic E-state index is 11.4. The lowest BCUT2D eigenvalue weighted by molar-refractivity contribution is 0.0730. The highest BCUT2D eigenvalue weighted by atomic mass is 32.2. The average molecular weight is 355 g/mol. The lowest BCUT2D eigenvalue weighted by Crippen LogP contribution is -2.48. The molecule has 0 atom stereocenters. The maximum atomic E-state index is 11.4. The van der Waals surface area contributed by atoms with E-state index in [4.69, 9.17) is 9.97 Å². The summed E-state index contributed by atoms with van der Waals surface area (Å²) in [6.45, 7) is 2.09. The zero-order valence-corrected chi connectivity index (χ0v) is 14.9. The van der Waals surface area contributed by atoms with Crippen molar-refractivity contribution in [2.45, 2.75) is 31.3 Å². The average Bonchev–Trinajstić information content (AvgIpc) is 3.00. The molecule has 2 aliphatic heterocycles. The fourth-order valence-corrected chi connectivity index (χ4v) is 5.23. The van der Waals surface area contributed by atoms with Crippen molar-refractivity contribution >= 4 is 16.7 Å². The second kappa shape index (κ2) is 5.61. The van der Waals surface area contributed by atoms with Gasteiger partial charge in [0, 0.05) is 40.7 Å². The topological polar surface area (TPSA) is 66.3 Å². The zero-order valence-electron chi connectivity index (χ0n) is 14.1. The van der Waals surface area contributed by atoms with Gasteiger partial charge in [0.25, 0.3) is 0 Å². The first kappa shape index (κ1) is 15.5. The summed E-state index contributed by atoms with van der Waals surface area (Å²) in [4.78, 5) is 11.9. The molecule has 2 fully saturated rings. The molecule has 0 unspecified atom stereocenters. The number of benzene rings is 1. The van der Waals surface area contributed by atoms with E-state index in [0.717, 1.165) is 55.1 Å². The van der Waals surface area contributed by atoms with Crippen molar-refractivity contribution in [2.24, 2.45) is 0 Å². The third-order valence-corrected chi connectivity index (χ3v) is 7.15. The van der Waals surface area contributed by atoms with Crippen molar-refractivity contribution in [2.75, 3.05) is 29.5 Å². The van der Waals surface area contributed by atoms with Gasteiger partial charge in [0.1, 0.15) is 5.60 Å². The SMILES string of the molecule is O=S1CC(O)(c2ccc(-c3nc(N4CCC4)nc4c3CCC4)cc2)C1. The van der Waals surface area contributed by atoms with Crippen LogP contribution in [0, 0.1) is 0 Å². The molecule has 0 amide bonds. The number of fused-ring (bicyclic) bond motifs is 1. The summed E-state index contributed by atoms with van der Waals surface area (Å²) in [6, 6.07) is 7.99. The minimum absolute atomic E-state index is 0.342. The maximum Gasteiger partial charge on any atom is 0.226 e. The molecule has 1 aromatic carbocycles. The van der Waals surface area contributed by atoms with Gasteiger partial charge in [0.15, 0.2) is 0 Å². The van der Waals surface area contributed by atoms with E-state index in [2.05, 4.69) is 4.90 Å². The van der Waals surface area contributed by atoms with E-state index in [1.54, 1.807) is 0 Å². The van der Waals surface area contributed by atoms with Crippen molar-refractivity contribution in [3.05, 3.63) is 41.1 Å². The molecule has 0 radical (unpaired) electrons. The molecule has 6 heteroatoms. The van der Waals surface area contributed by atoms with Gasteiger partial charge in [-0.05, 0) is 31.2 Å². The number of nitrogens with zero attached hydrogens (tertiary/aromatic N) is 3. The highest BCUT2D eigenvalue weighted by Gasteiger charge is 2.42. The summed E-state index contributed by atoms with van der Waals surface area (Å²) in [6.07, 6.45) is 4.43. The third kappa shape index (κ3) is 2.50. The molecule has 1 aromatic heterocycles. The van der Waals surface area contributed by atoms with Crippen LogP contribution in [-0.2, 0) is 29.2 Å². The van der Waals surface area contributed by atoms with E-state index < -0.39 is 16.4 Å². The smallest absolute Gasteiger partial charge is 0.226 e. The summed E-state index contributed by atoms with van der Waals surface area (Å²) >= 11 is 0. The molecule has 0 bridgehead atoms. The number of aryl methyl sites for hydroxylation is 1. The quantitative estimate of drug-likeness (QED) is 0.909. The molecule has 3 heterocycles. The van der Waals surface area contributed by atoms with Crippen LogP contribution in [0.5, 0.6) is 0 Å². The number of anilines is 1. The highest BCUT2D eigenvalue weighted by molar-refractivity contribution is 7.86. The van der Waals surface area contributed by atoms with Crippen LogP contribution in [0.2, 0.25) is 0 Å². The standard InChI is InChI=1S/C19H21N3O2S/c23-19(11-25(24)12-19)14-7-5-13(6-8-14)17-15-3-1-4-16(15)20-18(21-17)22-9-2-10-22/h5-8,23H,1-4,9-12H2. The van der Waals surface area contributed by atoms with Crippen LogP contribution in [0.1, 0.15) is 29.7 Å². The van der Waals surface area contributed by atoms with Crippen molar-refractivity contribution in [3.8, 4) is 11.3 Å². The predicted molar refractivity (Wildman–Crippen MR) is 98.1 cm³/mol. The van der Waals surface area contributed by atoms with Gasteiger partial charge in [-0.2, -0.15) is 0 Å². The van der Waals surface area contributed by atoms with Crippen LogP contribution in [0.4, 0.5) is 5.95 Å². The molecular formula is C19H21N3O2S. The number of hydrogen-bond donors (Lipinski definition) is 1. The monoisotopic (exact) mass is 355 g/mol. The van der Waals surface area contributed by atoms with E-state index in [1.165, 1.54) is 17.7 Å². The van der Waals surface area contributed by atoms with Crippen LogP contribution >= 0.6 is 0 Å². The first-order valence-electron chi connectivity index (χ1n) is 8.95. The summed E-state index contributed by atoms with van der Waals surface area (Å²) in [5.41, 5.74) is 4.53. The Hall–Kier alpha value is -1.79. The Balaban J connectivity index is 1.52. The van der Waals surface area contributed by atoms with E-state index in [1.807, 2.05) is 24.3 Å². The van der Waals surface area contributed by atoms with Gasteiger partial charge in [0.2, 0.25) is 5.95 Å². The van der Waals surface area contributed by atoms with Crippen LogP contribution < -0.4 is 4.90 Å². The van der Waals surface area contributed by atoms with Crippen molar-refractivity contribution in [3.63, 3.8) is 0 Å².